The van der Waals surface area contributed by atoms with Gasteiger partial charge in [0.25, 0.3) is 17.6 Å². The van der Waals surface area contributed by atoms with E-state index in [-0.39, 0.29) is 17.0 Å². The van der Waals surface area contributed by atoms with Crippen molar-refractivity contribution in [3.8, 4) is 11.4 Å². The Hall–Kier alpha value is -4.81. The molecule has 0 bridgehead atoms. The van der Waals surface area contributed by atoms with Crippen molar-refractivity contribution in [2.24, 2.45) is 0 Å². The molecule has 4 aromatic rings. The first-order valence-electron chi connectivity index (χ1n) is 11.2. The number of anilines is 1. The third-order valence-corrected chi connectivity index (χ3v) is 6.08. The van der Waals surface area contributed by atoms with Gasteiger partial charge in [-0.25, -0.2) is 4.98 Å². The van der Waals surface area contributed by atoms with Gasteiger partial charge in [-0.15, -0.1) is 0 Å². The zero-order valence-corrected chi connectivity index (χ0v) is 19.6. The number of amides is 2. The number of nitrogens with zero attached hydrogens (tertiary/aromatic N) is 7. The molecule has 3 aromatic heterocycles. The summed E-state index contributed by atoms with van der Waals surface area (Å²) in [4.78, 5) is 49.1. The Labute approximate surface area is 205 Å². The normalized spacial score (nSPS) is 13.6. The quantitative estimate of drug-likeness (QED) is 0.290. The summed E-state index contributed by atoms with van der Waals surface area (Å²) < 4.78 is 6.99. The first-order valence-corrected chi connectivity index (χ1v) is 11.2. The predicted molar refractivity (Wildman–Crippen MR) is 128 cm³/mol. The van der Waals surface area contributed by atoms with Crippen LogP contribution in [0.4, 0.5) is 5.95 Å². The van der Waals surface area contributed by atoms with Crippen LogP contribution in [-0.4, -0.2) is 93.0 Å². The van der Waals surface area contributed by atoms with Gasteiger partial charge in [0, 0.05) is 39.4 Å². The first-order chi connectivity index (χ1) is 17.5. The Bertz CT molecular complexity index is 1440. The lowest BCUT2D eigenvalue weighted by molar-refractivity contribution is -0.126. The average molecular weight is 489 g/mol. The number of tetrazole rings is 1. The number of nitrogens with one attached hydrogen (secondary N) is 2. The maximum atomic E-state index is 13.2. The fraction of sp³-hybridized carbons (Fsp3) is 0.261. The number of para-hydroxylation sites is 1. The first kappa shape index (κ1) is 23.0. The van der Waals surface area contributed by atoms with Crippen molar-refractivity contribution in [2.75, 3.05) is 45.2 Å². The van der Waals surface area contributed by atoms with Crippen molar-refractivity contribution in [2.45, 2.75) is 0 Å². The summed E-state index contributed by atoms with van der Waals surface area (Å²) in [5.41, 5.74) is 1.37. The highest BCUT2D eigenvalue weighted by Crippen LogP contribution is 2.30. The molecular formula is C23H23N9O4. The SMILES string of the molecule is CNC(=O)c1ncc(OC)c2c(C(=O)C(=O)N3CCN(c4nnnn4-c4ccccc4)CC3)c[nH]c12. The number of hydrogen-bond donors (Lipinski definition) is 2. The van der Waals surface area contributed by atoms with Crippen molar-refractivity contribution in [1.29, 1.82) is 0 Å². The summed E-state index contributed by atoms with van der Waals surface area (Å²) in [6, 6.07) is 9.51. The number of piperazine rings is 1. The minimum atomic E-state index is -0.698. The van der Waals surface area contributed by atoms with E-state index in [0.29, 0.717) is 43.0 Å². The van der Waals surface area contributed by atoms with Gasteiger partial charge in [0.05, 0.1) is 35.5 Å². The summed E-state index contributed by atoms with van der Waals surface area (Å²) in [6.07, 6.45) is 2.77. The van der Waals surface area contributed by atoms with Crippen LogP contribution < -0.4 is 15.0 Å². The number of H-pyrrole nitrogens is 1. The number of hydrogen-bond acceptors (Lipinski definition) is 9. The largest absolute Gasteiger partial charge is 0.494 e. The van der Waals surface area contributed by atoms with Crippen LogP contribution in [0.5, 0.6) is 5.75 Å². The average Bonchev–Trinajstić information content (AvgIpc) is 3.60. The summed E-state index contributed by atoms with van der Waals surface area (Å²) >= 11 is 0. The molecule has 184 valence electrons. The second-order valence-corrected chi connectivity index (χ2v) is 8.04. The number of carbonyl (C=O) groups excluding carboxylic acids is 3. The Balaban J connectivity index is 1.34. The molecule has 2 N–H and O–H groups in total. The minimum Gasteiger partial charge on any atom is -0.494 e. The zero-order valence-electron chi connectivity index (χ0n) is 19.6. The number of methoxy groups -OCH3 is 1. The van der Waals surface area contributed by atoms with E-state index in [4.69, 9.17) is 4.74 Å². The van der Waals surface area contributed by atoms with Gasteiger partial charge in [-0.05, 0) is 22.6 Å². The molecule has 1 aliphatic rings. The molecule has 4 heterocycles. The Morgan fingerprint density at radius 2 is 1.83 bits per heavy atom. The number of benzene rings is 1. The van der Waals surface area contributed by atoms with Gasteiger partial charge in [0.15, 0.2) is 5.69 Å². The smallest absolute Gasteiger partial charge is 0.295 e. The van der Waals surface area contributed by atoms with Crippen molar-refractivity contribution < 1.29 is 19.1 Å². The standard InChI is InChI=1S/C23H23N9O4/c1-24-21(34)19-18-17(16(36-2)13-26-19)15(12-25-18)20(33)22(35)30-8-10-31(11-9-30)23-27-28-29-32(23)14-6-4-3-5-7-14/h3-7,12-13,25H,8-11H2,1-2H3,(H,24,34). The van der Waals surface area contributed by atoms with Crippen molar-refractivity contribution >= 4 is 34.4 Å². The van der Waals surface area contributed by atoms with E-state index in [1.54, 1.807) is 4.68 Å². The molecule has 1 aromatic carbocycles. The lowest BCUT2D eigenvalue weighted by Crippen LogP contribution is -2.51. The lowest BCUT2D eigenvalue weighted by Gasteiger charge is -2.34. The van der Waals surface area contributed by atoms with Crippen LogP contribution in [0.3, 0.4) is 0 Å². The summed E-state index contributed by atoms with van der Waals surface area (Å²) in [5, 5.41) is 14.9. The van der Waals surface area contributed by atoms with Gasteiger partial charge in [0.2, 0.25) is 5.95 Å². The van der Waals surface area contributed by atoms with Gasteiger partial charge >= 0.3 is 0 Å². The second kappa shape index (κ2) is 9.44. The van der Waals surface area contributed by atoms with Gasteiger partial charge in [-0.3, -0.25) is 14.4 Å². The van der Waals surface area contributed by atoms with E-state index < -0.39 is 17.6 Å². The number of aromatic nitrogens is 6. The molecule has 36 heavy (non-hydrogen) atoms. The molecular weight excluding hydrogens is 466 g/mol. The molecule has 13 nitrogen and oxygen atoms in total. The number of ether oxygens (including phenoxy) is 1. The Morgan fingerprint density at radius 3 is 2.53 bits per heavy atom. The lowest BCUT2D eigenvalue weighted by atomic mass is 10.1. The minimum absolute atomic E-state index is 0.101. The number of fused-ring (bicyclic) bond motifs is 1. The maximum Gasteiger partial charge on any atom is 0.295 e. The summed E-state index contributed by atoms with van der Waals surface area (Å²) in [7, 11) is 2.91. The van der Waals surface area contributed by atoms with E-state index in [1.807, 2.05) is 35.2 Å². The number of ketones is 1. The van der Waals surface area contributed by atoms with Crippen LogP contribution in [-0.2, 0) is 4.79 Å². The van der Waals surface area contributed by atoms with Gasteiger partial charge in [-0.1, -0.05) is 23.3 Å². The number of Topliss-reactive ketones (excluding diaryl/α,β-unsaturated/α-hetero) is 1. The molecule has 0 spiro atoms. The molecule has 1 aliphatic heterocycles. The van der Waals surface area contributed by atoms with Gasteiger partial charge < -0.3 is 24.8 Å². The molecule has 13 heteroatoms. The molecule has 0 unspecified atom stereocenters. The molecule has 0 saturated carbocycles. The summed E-state index contributed by atoms with van der Waals surface area (Å²) in [5.74, 6) is -0.915. The second-order valence-electron chi connectivity index (χ2n) is 8.04. The zero-order chi connectivity index (χ0) is 25.2. The van der Waals surface area contributed by atoms with E-state index >= 15 is 0 Å². The number of aromatic amines is 1. The molecule has 0 aliphatic carbocycles. The molecule has 0 radical (unpaired) electrons. The maximum absolute atomic E-state index is 13.2. The van der Waals surface area contributed by atoms with E-state index in [2.05, 4.69) is 30.8 Å². The van der Waals surface area contributed by atoms with Gasteiger partial charge in [0.1, 0.15) is 5.75 Å². The Kier molecular flexibility index (Phi) is 6.02. The van der Waals surface area contributed by atoms with Crippen LogP contribution in [0.1, 0.15) is 20.8 Å². The molecule has 1 fully saturated rings. The third-order valence-electron chi connectivity index (χ3n) is 6.08. The highest BCUT2D eigenvalue weighted by Gasteiger charge is 2.31. The fourth-order valence-corrected chi connectivity index (χ4v) is 4.23. The predicted octanol–water partition coefficient (Wildman–Crippen LogP) is 0.438. The van der Waals surface area contributed by atoms with E-state index in [1.165, 1.54) is 31.5 Å². The highest BCUT2D eigenvalue weighted by atomic mass is 16.5. The monoisotopic (exact) mass is 489 g/mol. The van der Waals surface area contributed by atoms with E-state index in [0.717, 1.165) is 5.69 Å². The van der Waals surface area contributed by atoms with Crippen molar-refractivity contribution in [1.82, 2.24) is 40.4 Å². The van der Waals surface area contributed by atoms with E-state index in [9.17, 15) is 14.4 Å². The third kappa shape index (κ3) is 3.89. The van der Waals surface area contributed by atoms with Crippen LogP contribution in [0.15, 0.2) is 42.7 Å². The van der Waals surface area contributed by atoms with Gasteiger partial charge in [-0.2, -0.15) is 4.68 Å². The Morgan fingerprint density at radius 1 is 1.08 bits per heavy atom. The van der Waals surface area contributed by atoms with Crippen LogP contribution >= 0.6 is 0 Å². The summed E-state index contributed by atoms with van der Waals surface area (Å²) in [6.45, 7) is 1.54. The highest BCUT2D eigenvalue weighted by molar-refractivity contribution is 6.45. The van der Waals surface area contributed by atoms with Crippen LogP contribution in [0.2, 0.25) is 0 Å². The number of rotatable bonds is 6. The fourth-order valence-electron chi connectivity index (χ4n) is 4.23. The van der Waals surface area contributed by atoms with Crippen molar-refractivity contribution in [3.63, 3.8) is 0 Å². The molecule has 5 rings (SSSR count). The molecule has 2 amide bonds. The molecule has 1 saturated heterocycles. The van der Waals surface area contributed by atoms with Crippen LogP contribution in [0.25, 0.3) is 16.6 Å². The number of pyridine rings is 1. The topological polar surface area (TPSA) is 151 Å². The van der Waals surface area contributed by atoms with Crippen LogP contribution in [0, 0.1) is 0 Å². The number of carbonyl (C=O) groups is 3. The molecule has 0 atom stereocenters. The van der Waals surface area contributed by atoms with Crippen molar-refractivity contribution in [3.05, 3.63) is 54.0 Å².